The lowest BCUT2D eigenvalue weighted by Crippen LogP contribution is -2.37. The van der Waals surface area contributed by atoms with Gasteiger partial charge in [-0.1, -0.05) is 149 Å². The van der Waals surface area contributed by atoms with E-state index in [4.69, 9.17) is 19.4 Å². The first-order valence-electron chi connectivity index (χ1n) is 18.8. The van der Waals surface area contributed by atoms with Gasteiger partial charge in [0.1, 0.15) is 50.4 Å². The number of nitrogens with zero attached hydrogens (tertiary/aromatic N) is 4. The zero-order valence-corrected chi connectivity index (χ0v) is 31.5. The average molecular weight is 700 g/mol. The third-order valence-electron chi connectivity index (χ3n) is 11.4. The molecule has 0 spiro atoms. The number of para-hydroxylation sites is 2. The summed E-state index contributed by atoms with van der Waals surface area (Å²) >= 11 is 0. The van der Waals surface area contributed by atoms with E-state index in [0.717, 1.165) is 60.7 Å². The molecule has 0 atom stereocenters. The van der Waals surface area contributed by atoms with E-state index >= 15 is 0 Å². The van der Waals surface area contributed by atoms with E-state index in [2.05, 4.69) is 147 Å². The van der Waals surface area contributed by atoms with Crippen LogP contribution in [0.15, 0.2) is 144 Å². The van der Waals surface area contributed by atoms with Gasteiger partial charge in [-0.3, -0.25) is 0 Å². The summed E-state index contributed by atoms with van der Waals surface area (Å²) in [6, 6.07) is 48.6. The Hall–Kier alpha value is -6.53. The number of hydrogen-bond donors (Lipinski definition) is 0. The van der Waals surface area contributed by atoms with E-state index in [9.17, 15) is 0 Å². The van der Waals surface area contributed by atoms with E-state index in [0.29, 0.717) is 17.5 Å². The fraction of sp³-hybridized carbons (Fsp3) is 0. The van der Waals surface area contributed by atoms with E-state index in [1.165, 1.54) is 43.9 Å². The molecular weight excluding hydrogens is 667 g/mol. The molecule has 10 rings (SSSR count). The van der Waals surface area contributed by atoms with Gasteiger partial charge in [0, 0.05) is 38.4 Å². The highest BCUT2D eigenvalue weighted by Gasteiger charge is 2.25. The van der Waals surface area contributed by atoms with E-state index < -0.39 is 0 Å². The number of fused-ring (bicyclic) bond motifs is 6. The molecule has 7 aromatic carbocycles. The Balaban J connectivity index is 1.25. The maximum absolute atomic E-state index is 7.07. The summed E-state index contributed by atoms with van der Waals surface area (Å²) in [5.74, 6) is 1.81. The van der Waals surface area contributed by atoms with Gasteiger partial charge in [-0.2, -0.15) is 0 Å². The number of aromatic nitrogens is 4. The Labute approximate surface area is 323 Å². The number of hydrogen-bond acceptors (Lipinski definition) is 4. The predicted molar refractivity (Wildman–Crippen MR) is 244 cm³/mol. The van der Waals surface area contributed by atoms with E-state index in [-0.39, 0.29) is 0 Å². The van der Waals surface area contributed by atoms with Gasteiger partial charge >= 0.3 is 0 Å². The minimum absolute atomic E-state index is 0.579. The molecule has 5 nitrogen and oxygen atoms in total. The first-order valence-corrected chi connectivity index (χ1v) is 18.8. The molecule has 10 heteroatoms. The first-order chi connectivity index (χ1) is 26.9. The van der Waals surface area contributed by atoms with Crippen molar-refractivity contribution in [3.05, 3.63) is 140 Å². The lowest BCUT2D eigenvalue weighted by atomic mass is 9.71. The summed E-state index contributed by atoms with van der Waals surface area (Å²) in [4.78, 5) is 15.5. The van der Waals surface area contributed by atoms with E-state index in [1.54, 1.807) is 0 Å². The molecule has 0 N–H and O–H groups in total. The third kappa shape index (κ3) is 5.19. The highest BCUT2D eigenvalue weighted by Crippen LogP contribution is 2.36. The molecule has 10 aromatic rings. The molecule has 0 saturated carbocycles. The lowest BCUT2D eigenvalue weighted by Gasteiger charge is -2.19. The van der Waals surface area contributed by atoms with Gasteiger partial charge < -0.3 is 8.98 Å². The Morgan fingerprint density at radius 2 is 0.945 bits per heavy atom. The zero-order chi connectivity index (χ0) is 37.4. The number of furan rings is 1. The second kappa shape index (κ2) is 12.8. The van der Waals surface area contributed by atoms with Crippen molar-refractivity contribution in [1.82, 2.24) is 19.5 Å². The lowest BCUT2D eigenvalue weighted by molar-refractivity contribution is 0.672. The van der Waals surface area contributed by atoms with Crippen LogP contribution in [-0.2, 0) is 0 Å². The molecule has 3 aromatic heterocycles. The summed E-state index contributed by atoms with van der Waals surface area (Å²) < 4.78 is 9.52. The van der Waals surface area contributed by atoms with Crippen LogP contribution in [0.1, 0.15) is 0 Å². The summed E-state index contributed by atoms with van der Waals surface area (Å²) in [7, 11) is 11.0. The molecule has 0 aliphatic rings. The van der Waals surface area contributed by atoms with Crippen LogP contribution in [0.5, 0.6) is 0 Å². The highest BCUT2D eigenvalue weighted by molar-refractivity contribution is 6.62. The van der Waals surface area contributed by atoms with E-state index in [1.807, 2.05) is 36.4 Å². The van der Waals surface area contributed by atoms with Crippen molar-refractivity contribution in [2.75, 3.05) is 0 Å². The standard InChI is InChI=1S/C45H33B5N4O/c46-31-23-30(45-52-43(25-14-5-2-6-15-25)51-44(53-45)27-17-11-16-26(22-27)24-12-3-1-4-13-24)41-34(36(31)47)35-37(48)40(38(49)39(50)42(35)55-41)54-32-20-9-7-18-28(32)29-19-8-10-21-33(29)54/h1-23H,46-50H2. The molecule has 0 fully saturated rings. The maximum atomic E-state index is 7.07. The topological polar surface area (TPSA) is 56.7 Å². The Kier molecular flexibility index (Phi) is 7.70. The summed E-state index contributed by atoms with van der Waals surface area (Å²) in [5.41, 5.74) is 16.0. The predicted octanol–water partition coefficient (Wildman–Crippen LogP) is 2.83. The van der Waals surface area contributed by atoms with Crippen LogP contribution < -0.4 is 27.3 Å². The minimum Gasteiger partial charge on any atom is -0.456 e. The SMILES string of the molecule is Bc1cc(-c2nc(-c3ccccc3)nc(-c3cccc(-c4ccccc4)c3)n2)c2oc3c(B)c(B)c(-n4c5ccccc5c5ccccc54)c(B)c3c2c1B. The van der Waals surface area contributed by atoms with Gasteiger partial charge in [0.2, 0.25) is 0 Å². The third-order valence-corrected chi connectivity index (χ3v) is 11.4. The summed E-state index contributed by atoms with van der Waals surface area (Å²) in [6.45, 7) is 0. The molecule has 0 aliphatic carbocycles. The normalized spacial score (nSPS) is 11.6. The fourth-order valence-corrected chi connectivity index (χ4v) is 8.41. The van der Waals surface area contributed by atoms with Crippen LogP contribution >= 0.6 is 0 Å². The molecule has 0 aliphatic heterocycles. The Morgan fingerprint density at radius 3 is 1.62 bits per heavy atom. The summed E-state index contributed by atoms with van der Waals surface area (Å²) in [6.07, 6.45) is 0. The average Bonchev–Trinajstić information content (AvgIpc) is 3.80. The molecular formula is C45H33B5N4O. The number of rotatable bonds is 5. The Bertz CT molecular complexity index is 3110. The van der Waals surface area contributed by atoms with Crippen LogP contribution in [0.25, 0.3) is 94.7 Å². The summed E-state index contributed by atoms with van der Waals surface area (Å²) in [5, 5.41) is 4.72. The largest absolute Gasteiger partial charge is 0.456 e. The van der Waals surface area contributed by atoms with Crippen LogP contribution in [0, 0.1) is 0 Å². The molecule has 0 unspecified atom stereocenters. The fourth-order valence-electron chi connectivity index (χ4n) is 8.41. The van der Waals surface area contributed by atoms with Gasteiger partial charge in [0.05, 0.1) is 16.6 Å². The molecule has 3 heterocycles. The zero-order valence-electron chi connectivity index (χ0n) is 31.5. The molecule has 254 valence electrons. The van der Waals surface area contributed by atoms with Gasteiger partial charge in [-0.05, 0) is 29.3 Å². The second-order valence-electron chi connectivity index (χ2n) is 14.6. The van der Waals surface area contributed by atoms with Gasteiger partial charge in [-0.15, -0.1) is 0 Å². The monoisotopic (exact) mass is 700 g/mol. The van der Waals surface area contributed by atoms with Gasteiger partial charge in [0.25, 0.3) is 0 Å². The van der Waals surface area contributed by atoms with Crippen molar-refractivity contribution in [3.8, 4) is 51.0 Å². The van der Waals surface area contributed by atoms with Crippen molar-refractivity contribution in [2.45, 2.75) is 0 Å². The molecule has 0 bridgehead atoms. The molecule has 55 heavy (non-hydrogen) atoms. The van der Waals surface area contributed by atoms with Crippen LogP contribution in [-0.4, -0.2) is 58.8 Å². The van der Waals surface area contributed by atoms with Crippen molar-refractivity contribution in [1.29, 1.82) is 0 Å². The van der Waals surface area contributed by atoms with Crippen molar-refractivity contribution in [2.24, 2.45) is 0 Å². The molecule has 0 radical (unpaired) electrons. The van der Waals surface area contributed by atoms with Crippen LogP contribution in [0.3, 0.4) is 0 Å². The molecule has 0 saturated heterocycles. The smallest absolute Gasteiger partial charge is 0.167 e. The van der Waals surface area contributed by atoms with Crippen LogP contribution in [0.4, 0.5) is 0 Å². The Morgan fingerprint density at radius 1 is 0.418 bits per heavy atom. The van der Waals surface area contributed by atoms with Gasteiger partial charge in [0.15, 0.2) is 17.5 Å². The first kappa shape index (κ1) is 33.1. The van der Waals surface area contributed by atoms with Crippen molar-refractivity contribution >= 4 is 110 Å². The van der Waals surface area contributed by atoms with Crippen molar-refractivity contribution in [3.63, 3.8) is 0 Å². The quantitative estimate of drug-likeness (QED) is 0.260. The minimum atomic E-state index is 0.579. The second-order valence-corrected chi connectivity index (χ2v) is 14.6. The highest BCUT2D eigenvalue weighted by atomic mass is 16.3. The van der Waals surface area contributed by atoms with Crippen LogP contribution in [0.2, 0.25) is 0 Å². The maximum Gasteiger partial charge on any atom is 0.167 e. The molecule has 0 amide bonds. The number of benzene rings is 7. The van der Waals surface area contributed by atoms with Crippen molar-refractivity contribution < 1.29 is 4.42 Å². The van der Waals surface area contributed by atoms with Gasteiger partial charge in [-0.25, -0.2) is 15.0 Å².